The predicted octanol–water partition coefficient (Wildman–Crippen LogP) is 2.99. The fourth-order valence-electron chi connectivity index (χ4n) is 1.61. The number of hydrogen-bond acceptors (Lipinski definition) is 5. The Bertz CT molecular complexity index is 592. The number of esters is 1. The molecule has 0 radical (unpaired) electrons. The molecular weight excluding hydrogens is 294 g/mol. The van der Waals surface area contributed by atoms with Gasteiger partial charge < -0.3 is 10.1 Å². The molecule has 5 nitrogen and oxygen atoms in total. The Balaban J connectivity index is 3.08. The first-order valence-electron chi connectivity index (χ1n) is 6.32. The van der Waals surface area contributed by atoms with Gasteiger partial charge in [-0.05, 0) is 32.9 Å². The number of carbonyl (C=O) groups is 3. The van der Waals surface area contributed by atoms with Crippen LogP contribution in [0.15, 0.2) is 30.0 Å². The third-order valence-corrected chi connectivity index (χ3v) is 3.03. The zero-order valence-electron chi connectivity index (χ0n) is 12.0. The van der Waals surface area contributed by atoms with Crippen molar-refractivity contribution in [2.24, 2.45) is 0 Å². The smallest absolute Gasteiger partial charge is 0.339 e. The maximum absolute atomic E-state index is 11.7. The van der Waals surface area contributed by atoms with Gasteiger partial charge in [-0.2, -0.15) is 0 Å². The first-order valence-corrected chi connectivity index (χ1v) is 6.70. The van der Waals surface area contributed by atoms with Gasteiger partial charge in [0, 0.05) is 6.20 Å². The summed E-state index contributed by atoms with van der Waals surface area (Å²) in [5, 5.41) is 2.94. The number of hydrogen-bond donors (Lipinski definition) is 1. The van der Waals surface area contributed by atoms with Crippen molar-refractivity contribution in [3.05, 3.63) is 40.6 Å². The fraction of sp³-hybridized carbons (Fsp3) is 0.267. The highest BCUT2D eigenvalue weighted by Gasteiger charge is 2.14. The number of halogens is 1. The zero-order chi connectivity index (χ0) is 16.0. The highest BCUT2D eigenvalue weighted by molar-refractivity contribution is 6.36. The lowest BCUT2D eigenvalue weighted by atomic mass is 10.1. The molecule has 1 N–H and O–H groups in total. The van der Waals surface area contributed by atoms with Crippen molar-refractivity contribution in [2.75, 3.05) is 11.9 Å². The summed E-state index contributed by atoms with van der Waals surface area (Å²) in [5.74, 6) is -1.24. The van der Waals surface area contributed by atoms with Crippen LogP contribution in [0.4, 0.5) is 5.69 Å². The van der Waals surface area contributed by atoms with Crippen LogP contribution in [-0.2, 0) is 14.3 Å². The van der Waals surface area contributed by atoms with Crippen LogP contribution in [0.5, 0.6) is 0 Å². The number of anilines is 1. The van der Waals surface area contributed by atoms with E-state index in [1.165, 1.54) is 26.1 Å². The molecule has 0 atom stereocenters. The van der Waals surface area contributed by atoms with Crippen LogP contribution in [0.25, 0.3) is 0 Å². The van der Waals surface area contributed by atoms with E-state index < -0.39 is 5.97 Å². The molecule has 0 aliphatic rings. The van der Waals surface area contributed by atoms with Crippen molar-refractivity contribution in [3.8, 4) is 0 Å². The molecule has 6 heteroatoms. The monoisotopic (exact) mass is 309 g/mol. The van der Waals surface area contributed by atoms with E-state index in [2.05, 4.69) is 5.32 Å². The van der Waals surface area contributed by atoms with Gasteiger partial charge in [-0.25, -0.2) is 4.79 Å². The molecule has 0 unspecified atom stereocenters. The van der Waals surface area contributed by atoms with Gasteiger partial charge in [-0.3, -0.25) is 9.59 Å². The molecule has 1 aromatic carbocycles. The first kappa shape index (κ1) is 16.9. The molecule has 0 bridgehead atoms. The number of carbonyl (C=O) groups excluding carboxylic acids is 3. The lowest BCUT2D eigenvalue weighted by Crippen LogP contribution is -2.09. The molecule has 0 saturated heterocycles. The third-order valence-electron chi connectivity index (χ3n) is 2.62. The second-order valence-corrected chi connectivity index (χ2v) is 4.58. The van der Waals surface area contributed by atoms with E-state index in [4.69, 9.17) is 16.3 Å². The number of rotatable bonds is 6. The van der Waals surface area contributed by atoms with E-state index in [0.717, 1.165) is 0 Å². The van der Waals surface area contributed by atoms with Crippen molar-refractivity contribution in [3.63, 3.8) is 0 Å². The maximum Gasteiger partial charge on any atom is 0.339 e. The summed E-state index contributed by atoms with van der Waals surface area (Å²) < 4.78 is 4.89. The molecule has 112 valence electrons. The summed E-state index contributed by atoms with van der Waals surface area (Å²) in [6.07, 6.45) is 1.28. The van der Waals surface area contributed by atoms with E-state index in [-0.39, 0.29) is 34.3 Å². The van der Waals surface area contributed by atoms with Crippen LogP contribution in [0.1, 0.15) is 31.1 Å². The molecule has 21 heavy (non-hydrogen) atoms. The Labute approximate surface area is 127 Å². The van der Waals surface area contributed by atoms with Crippen LogP contribution in [-0.4, -0.2) is 24.1 Å². The average Bonchev–Trinajstić information content (AvgIpc) is 2.40. The van der Waals surface area contributed by atoms with Gasteiger partial charge in [0.25, 0.3) is 0 Å². The molecule has 0 aromatic heterocycles. The molecule has 0 aliphatic heterocycles. The predicted molar refractivity (Wildman–Crippen MR) is 80.5 cm³/mol. The summed E-state index contributed by atoms with van der Waals surface area (Å²) in [6.45, 7) is 4.53. The minimum Gasteiger partial charge on any atom is -0.462 e. The summed E-state index contributed by atoms with van der Waals surface area (Å²) in [5.41, 5.74) is 0.638. The second kappa shape index (κ2) is 7.59. The molecule has 1 rings (SSSR count). The van der Waals surface area contributed by atoms with E-state index in [1.54, 1.807) is 19.1 Å². The molecule has 0 heterocycles. The molecule has 0 saturated carbocycles. The van der Waals surface area contributed by atoms with Gasteiger partial charge >= 0.3 is 5.97 Å². The standard InChI is InChI=1S/C15H16ClNO4/c1-4-21-15(20)11-6-5-7-13(14(11)16)17-8-12(9(2)18)10(3)19/h5-8,17H,4H2,1-3H3. The van der Waals surface area contributed by atoms with Crippen LogP contribution in [0, 0.1) is 0 Å². The summed E-state index contributed by atoms with van der Waals surface area (Å²) >= 11 is 6.12. The summed E-state index contributed by atoms with van der Waals surface area (Å²) in [6, 6.07) is 4.78. The molecular formula is C15H16ClNO4. The van der Waals surface area contributed by atoms with E-state index >= 15 is 0 Å². The summed E-state index contributed by atoms with van der Waals surface area (Å²) in [7, 11) is 0. The number of allylic oxidation sites excluding steroid dienone is 1. The number of Topliss-reactive ketones (excluding diaryl/α,β-unsaturated/α-hetero) is 2. The fourth-order valence-corrected chi connectivity index (χ4v) is 1.87. The van der Waals surface area contributed by atoms with E-state index in [9.17, 15) is 14.4 Å². The van der Waals surface area contributed by atoms with Crippen molar-refractivity contribution in [2.45, 2.75) is 20.8 Å². The van der Waals surface area contributed by atoms with Gasteiger partial charge in [0.2, 0.25) is 0 Å². The van der Waals surface area contributed by atoms with Crippen molar-refractivity contribution >= 4 is 34.8 Å². The lowest BCUT2D eigenvalue weighted by molar-refractivity contribution is -0.119. The van der Waals surface area contributed by atoms with E-state index in [1.807, 2.05) is 0 Å². The van der Waals surface area contributed by atoms with Gasteiger partial charge in [0.15, 0.2) is 11.6 Å². The Morgan fingerprint density at radius 1 is 1.24 bits per heavy atom. The normalized spacial score (nSPS) is 9.71. The van der Waals surface area contributed by atoms with Crippen molar-refractivity contribution in [1.82, 2.24) is 0 Å². The largest absolute Gasteiger partial charge is 0.462 e. The average molecular weight is 310 g/mol. The van der Waals surface area contributed by atoms with Crippen LogP contribution in [0.2, 0.25) is 5.02 Å². The van der Waals surface area contributed by atoms with E-state index in [0.29, 0.717) is 5.69 Å². The van der Waals surface area contributed by atoms with Gasteiger partial charge in [0.05, 0.1) is 28.5 Å². The lowest BCUT2D eigenvalue weighted by Gasteiger charge is -2.09. The molecule has 0 fully saturated rings. The van der Waals surface area contributed by atoms with Crippen molar-refractivity contribution < 1.29 is 19.1 Å². The van der Waals surface area contributed by atoms with Gasteiger partial charge in [-0.1, -0.05) is 17.7 Å². The van der Waals surface area contributed by atoms with Crippen molar-refractivity contribution in [1.29, 1.82) is 0 Å². The highest BCUT2D eigenvalue weighted by Crippen LogP contribution is 2.26. The first-order chi connectivity index (χ1) is 9.88. The summed E-state index contributed by atoms with van der Waals surface area (Å²) in [4.78, 5) is 34.3. The quantitative estimate of drug-likeness (QED) is 0.378. The Morgan fingerprint density at radius 2 is 1.86 bits per heavy atom. The zero-order valence-corrected chi connectivity index (χ0v) is 12.8. The molecule has 1 aromatic rings. The second-order valence-electron chi connectivity index (χ2n) is 4.20. The van der Waals surface area contributed by atoms with Gasteiger partial charge in [-0.15, -0.1) is 0 Å². The maximum atomic E-state index is 11.7. The number of ketones is 2. The molecule has 0 amide bonds. The Hall–Kier alpha value is -2.14. The molecule has 0 spiro atoms. The number of benzene rings is 1. The minimum absolute atomic E-state index is 0.0209. The molecule has 0 aliphatic carbocycles. The van der Waals surface area contributed by atoms with Gasteiger partial charge in [0.1, 0.15) is 0 Å². The van der Waals surface area contributed by atoms with Crippen LogP contribution < -0.4 is 5.32 Å². The van der Waals surface area contributed by atoms with Crippen LogP contribution >= 0.6 is 11.6 Å². The third kappa shape index (κ3) is 4.43. The Morgan fingerprint density at radius 3 is 2.38 bits per heavy atom. The highest BCUT2D eigenvalue weighted by atomic mass is 35.5. The number of nitrogens with one attached hydrogen (secondary N) is 1. The van der Waals surface area contributed by atoms with Crippen LogP contribution in [0.3, 0.4) is 0 Å². The Kier molecular flexibility index (Phi) is 6.11. The topological polar surface area (TPSA) is 72.5 Å². The SMILES string of the molecule is CCOC(=O)c1cccc(NC=C(C(C)=O)C(C)=O)c1Cl. The minimum atomic E-state index is -0.534. The number of ether oxygens (including phenoxy) is 1.